The Kier molecular flexibility index (Phi) is 6.73. The Morgan fingerprint density at radius 3 is 2.44 bits per heavy atom. The summed E-state index contributed by atoms with van der Waals surface area (Å²) >= 11 is 1.58. The van der Waals surface area contributed by atoms with Crippen LogP contribution in [-0.2, 0) is 9.59 Å². The van der Waals surface area contributed by atoms with Crippen molar-refractivity contribution in [2.45, 2.75) is 32.2 Å². The van der Waals surface area contributed by atoms with Gasteiger partial charge in [-0.1, -0.05) is 38.1 Å². The van der Waals surface area contributed by atoms with Crippen LogP contribution in [0.5, 0.6) is 0 Å². The molecule has 0 saturated carbocycles. The van der Waals surface area contributed by atoms with Crippen LogP contribution in [0, 0.1) is 5.92 Å². The van der Waals surface area contributed by atoms with Crippen LogP contribution >= 0.6 is 11.3 Å². The van der Waals surface area contributed by atoms with Crippen LogP contribution in [0.2, 0.25) is 0 Å². The molecule has 2 aromatic rings. The van der Waals surface area contributed by atoms with Gasteiger partial charge in [-0.15, -0.1) is 0 Å². The van der Waals surface area contributed by atoms with Gasteiger partial charge in [-0.2, -0.15) is 11.3 Å². The Bertz CT molecular complexity index is 712. The normalized spacial score (nSPS) is 13.6. The fraction of sp³-hybridized carbons (Fsp3) is 0.368. The van der Waals surface area contributed by atoms with Crippen molar-refractivity contribution in [3.8, 4) is 11.1 Å². The van der Waals surface area contributed by atoms with Crippen LogP contribution in [-0.4, -0.2) is 34.7 Å². The fourth-order valence-corrected chi connectivity index (χ4v) is 3.38. The molecule has 0 spiro atoms. The number of thiophene rings is 1. The molecule has 3 N–H and O–H groups in total. The molecule has 1 aromatic heterocycles. The van der Waals surface area contributed by atoms with E-state index in [1.807, 2.05) is 48.9 Å². The van der Waals surface area contributed by atoms with Gasteiger partial charge in [0.25, 0.3) is 0 Å². The van der Waals surface area contributed by atoms with Crippen molar-refractivity contribution >= 4 is 23.3 Å². The van der Waals surface area contributed by atoms with Gasteiger partial charge in [-0.25, -0.2) is 0 Å². The lowest BCUT2D eigenvalue weighted by molar-refractivity contribution is -0.142. The molecule has 0 aliphatic heterocycles. The van der Waals surface area contributed by atoms with Crippen molar-refractivity contribution < 1.29 is 19.8 Å². The Morgan fingerprint density at radius 1 is 1.12 bits per heavy atom. The van der Waals surface area contributed by atoms with E-state index in [0.717, 1.165) is 11.1 Å². The van der Waals surface area contributed by atoms with Gasteiger partial charge in [0, 0.05) is 6.54 Å². The number of nitrogens with one attached hydrogen (secondary N) is 1. The van der Waals surface area contributed by atoms with Gasteiger partial charge in [0.05, 0.1) is 5.92 Å². The Hall–Kier alpha value is -2.18. The number of benzene rings is 1. The van der Waals surface area contributed by atoms with E-state index in [2.05, 4.69) is 5.32 Å². The van der Waals surface area contributed by atoms with Gasteiger partial charge < -0.3 is 15.5 Å². The van der Waals surface area contributed by atoms with Crippen molar-refractivity contribution in [3.63, 3.8) is 0 Å². The quantitative estimate of drug-likeness (QED) is 0.634. The molecule has 0 aliphatic carbocycles. The maximum absolute atomic E-state index is 11.7. The van der Waals surface area contributed by atoms with Gasteiger partial charge in [-0.05, 0) is 45.9 Å². The maximum Gasteiger partial charge on any atom is 0.320 e. The van der Waals surface area contributed by atoms with Gasteiger partial charge in [-0.3, -0.25) is 9.59 Å². The smallest absolute Gasteiger partial charge is 0.320 e. The molecule has 0 radical (unpaired) electrons. The topological polar surface area (TPSA) is 86.6 Å². The standard InChI is InChI=1S/C19H23NO4S/c1-12(2)8-17(19(23)24)20-10-16(18(21)22)14-5-3-4-13(9-14)15-6-7-25-11-15/h3-7,9,11-12,16-17,20H,8,10H2,1-2H3,(H,21,22)(H,23,24). The van der Waals surface area contributed by atoms with Crippen molar-refractivity contribution in [1.29, 1.82) is 0 Å². The highest BCUT2D eigenvalue weighted by Gasteiger charge is 2.24. The number of rotatable bonds is 9. The van der Waals surface area contributed by atoms with Crippen molar-refractivity contribution in [2.24, 2.45) is 5.92 Å². The summed E-state index contributed by atoms with van der Waals surface area (Å²) in [7, 11) is 0. The number of hydrogen-bond acceptors (Lipinski definition) is 4. The monoisotopic (exact) mass is 361 g/mol. The van der Waals surface area contributed by atoms with Gasteiger partial charge in [0.2, 0.25) is 0 Å². The maximum atomic E-state index is 11.7. The molecule has 1 heterocycles. The Morgan fingerprint density at radius 2 is 1.88 bits per heavy atom. The van der Waals surface area contributed by atoms with Crippen molar-refractivity contribution in [2.75, 3.05) is 6.54 Å². The molecule has 2 atom stereocenters. The van der Waals surface area contributed by atoms with Gasteiger partial charge >= 0.3 is 11.9 Å². The molecule has 0 amide bonds. The summed E-state index contributed by atoms with van der Waals surface area (Å²) in [5.74, 6) is -2.51. The highest BCUT2D eigenvalue weighted by molar-refractivity contribution is 7.08. The molecule has 0 aliphatic rings. The minimum atomic E-state index is -0.969. The number of carboxylic acid groups (broad SMARTS) is 2. The molecule has 134 valence electrons. The van der Waals surface area contributed by atoms with E-state index in [-0.39, 0.29) is 12.5 Å². The van der Waals surface area contributed by atoms with E-state index in [4.69, 9.17) is 0 Å². The summed E-state index contributed by atoms with van der Waals surface area (Å²) in [4.78, 5) is 23.1. The first kappa shape index (κ1) is 19.1. The fourth-order valence-electron chi connectivity index (χ4n) is 2.71. The summed E-state index contributed by atoms with van der Waals surface area (Å²) in [6.45, 7) is 3.96. The lowest BCUT2D eigenvalue weighted by Crippen LogP contribution is -2.41. The largest absolute Gasteiger partial charge is 0.481 e. The summed E-state index contributed by atoms with van der Waals surface area (Å²) < 4.78 is 0. The van der Waals surface area contributed by atoms with E-state index in [9.17, 15) is 19.8 Å². The van der Waals surface area contributed by atoms with E-state index in [0.29, 0.717) is 12.0 Å². The molecule has 25 heavy (non-hydrogen) atoms. The second-order valence-electron chi connectivity index (χ2n) is 6.46. The SMILES string of the molecule is CC(C)CC(NCC(C(=O)O)c1cccc(-c2ccsc2)c1)C(=O)O. The van der Waals surface area contributed by atoms with Crippen LogP contribution in [0.4, 0.5) is 0 Å². The molecule has 0 fully saturated rings. The van der Waals surface area contributed by atoms with Crippen LogP contribution < -0.4 is 5.32 Å². The van der Waals surface area contributed by atoms with E-state index in [1.54, 1.807) is 17.4 Å². The summed E-state index contributed by atoms with van der Waals surface area (Å²) in [6.07, 6.45) is 0.455. The molecular weight excluding hydrogens is 338 g/mol. The Balaban J connectivity index is 2.17. The molecule has 1 aromatic carbocycles. The second-order valence-corrected chi connectivity index (χ2v) is 7.24. The second kappa shape index (κ2) is 8.78. The van der Waals surface area contributed by atoms with Crippen LogP contribution in [0.15, 0.2) is 41.1 Å². The predicted molar refractivity (Wildman–Crippen MR) is 99.0 cm³/mol. The molecule has 6 heteroatoms. The third-order valence-corrected chi connectivity index (χ3v) is 4.70. The van der Waals surface area contributed by atoms with E-state index in [1.165, 1.54) is 0 Å². The summed E-state index contributed by atoms with van der Waals surface area (Å²) in [6, 6.07) is 8.65. The summed E-state index contributed by atoms with van der Waals surface area (Å²) in [5, 5.41) is 25.8. The minimum Gasteiger partial charge on any atom is -0.481 e. The zero-order valence-electron chi connectivity index (χ0n) is 14.3. The third kappa shape index (κ3) is 5.41. The predicted octanol–water partition coefficient (Wildman–Crippen LogP) is 3.67. The van der Waals surface area contributed by atoms with Gasteiger partial charge in [0.1, 0.15) is 6.04 Å². The molecule has 2 rings (SSSR count). The highest BCUT2D eigenvalue weighted by atomic mass is 32.1. The van der Waals surface area contributed by atoms with Crippen molar-refractivity contribution in [3.05, 3.63) is 46.7 Å². The van der Waals surface area contributed by atoms with Crippen LogP contribution in [0.25, 0.3) is 11.1 Å². The zero-order chi connectivity index (χ0) is 18.4. The first-order valence-corrected chi connectivity index (χ1v) is 9.14. The Labute approximate surface area is 151 Å². The molecular formula is C19H23NO4S. The summed E-state index contributed by atoms with van der Waals surface area (Å²) in [5.41, 5.74) is 2.67. The molecule has 5 nitrogen and oxygen atoms in total. The zero-order valence-corrected chi connectivity index (χ0v) is 15.1. The average Bonchev–Trinajstić information content (AvgIpc) is 3.08. The number of hydrogen-bond donors (Lipinski definition) is 3. The van der Waals surface area contributed by atoms with Crippen LogP contribution in [0.3, 0.4) is 0 Å². The minimum absolute atomic E-state index is 0.0755. The van der Waals surface area contributed by atoms with Crippen molar-refractivity contribution in [1.82, 2.24) is 5.32 Å². The molecule has 0 bridgehead atoms. The lowest BCUT2D eigenvalue weighted by atomic mass is 9.95. The third-order valence-electron chi connectivity index (χ3n) is 4.02. The first-order valence-electron chi connectivity index (χ1n) is 8.20. The molecule has 2 unspecified atom stereocenters. The first-order chi connectivity index (χ1) is 11.9. The van der Waals surface area contributed by atoms with Crippen LogP contribution in [0.1, 0.15) is 31.7 Å². The highest BCUT2D eigenvalue weighted by Crippen LogP contribution is 2.26. The number of carbonyl (C=O) groups is 2. The number of aliphatic carboxylic acids is 2. The lowest BCUT2D eigenvalue weighted by Gasteiger charge is -2.20. The molecule has 0 saturated heterocycles. The van der Waals surface area contributed by atoms with E-state index < -0.39 is 23.9 Å². The van der Waals surface area contributed by atoms with Gasteiger partial charge in [0.15, 0.2) is 0 Å². The van der Waals surface area contributed by atoms with E-state index >= 15 is 0 Å². The average molecular weight is 361 g/mol. The number of carboxylic acids is 2.